The Morgan fingerprint density at radius 2 is 1.56 bits per heavy atom. The third-order valence-corrected chi connectivity index (χ3v) is 3.65. The van der Waals surface area contributed by atoms with Crippen LogP contribution in [0.2, 0.25) is 10.6 Å². The van der Waals surface area contributed by atoms with Gasteiger partial charge < -0.3 is 13.8 Å². The van der Waals surface area contributed by atoms with E-state index in [9.17, 15) is 4.57 Å². The average Bonchev–Trinajstić information content (AvgIpc) is 2.26. The van der Waals surface area contributed by atoms with Gasteiger partial charge in [-0.3, -0.25) is 4.57 Å². The lowest BCUT2D eigenvalue weighted by atomic mass is 10.9. The highest BCUT2D eigenvalue weighted by atomic mass is 35.5. The first-order valence-electron chi connectivity index (χ1n) is 5.07. The number of hydrogen-bond acceptors (Lipinski definition) is 7. The number of aromatic nitrogens is 3. The van der Waals surface area contributed by atoms with Gasteiger partial charge in [-0.2, -0.15) is 15.0 Å². The van der Waals surface area contributed by atoms with E-state index in [1.807, 2.05) is 0 Å². The Morgan fingerprint density at radius 3 is 2.00 bits per heavy atom. The number of rotatable bonds is 7. The Morgan fingerprint density at radius 1 is 1.06 bits per heavy atom. The summed E-state index contributed by atoms with van der Waals surface area (Å²) in [4.78, 5) is 10.9. The molecule has 1 aromatic rings. The lowest BCUT2D eigenvalue weighted by molar-refractivity contribution is 0.193. The van der Waals surface area contributed by atoms with E-state index in [4.69, 9.17) is 37.0 Å². The highest BCUT2D eigenvalue weighted by molar-refractivity contribution is 7.53. The molecule has 0 radical (unpaired) electrons. The van der Waals surface area contributed by atoms with Gasteiger partial charge in [0.15, 0.2) is 6.35 Å². The van der Waals surface area contributed by atoms with Crippen LogP contribution in [0, 0.1) is 0 Å². The van der Waals surface area contributed by atoms with E-state index in [0.29, 0.717) is 0 Å². The van der Waals surface area contributed by atoms with Gasteiger partial charge in [-0.1, -0.05) is 0 Å². The van der Waals surface area contributed by atoms with E-state index >= 15 is 0 Å². The first-order chi connectivity index (χ1) is 8.49. The maximum atomic E-state index is 12.0. The first kappa shape index (κ1) is 15.6. The Balaban J connectivity index is 2.69. The lowest BCUT2D eigenvalue weighted by Crippen LogP contribution is -2.08. The van der Waals surface area contributed by atoms with Crippen LogP contribution in [0.15, 0.2) is 0 Å². The van der Waals surface area contributed by atoms with E-state index in [0.717, 1.165) is 0 Å². The predicted octanol–water partition coefficient (Wildman–Crippen LogP) is 2.78. The van der Waals surface area contributed by atoms with Crippen molar-refractivity contribution in [1.82, 2.24) is 15.0 Å². The standard InChI is InChI=1S/C8H12Cl2N3O4P/c1-3-16-18(14,17-4-2)5-15-8-12-6(9)11-7(10)13-8/h3-5H2,1-2H3. The molecule has 0 aromatic carbocycles. The van der Waals surface area contributed by atoms with Gasteiger partial charge in [0.05, 0.1) is 13.2 Å². The molecule has 18 heavy (non-hydrogen) atoms. The Hall–Kier alpha value is -0.460. The van der Waals surface area contributed by atoms with Crippen LogP contribution in [-0.4, -0.2) is 34.5 Å². The number of nitrogens with zero attached hydrogens (tertiary/aromatic N) is 3. The van der Waals surface area contributed by atoms with E-state index in [1.54, 1.807) is 13.8 Å². The van der Waals surface area contributed by atoms with Crippen molar-refractivity contribution in [2.75, 3.05) is 19.6 Å². The van der Waals surface area contributed by atoms with Gasteiger partial charge in [-0.25, -0.2) is 0 Å². The van der Waals surface area contributed by atoms with Crippen molar-refractivity contribution in [2.45, 2.75) is 13.8 Å². The number of ether oxygens (including phenoxy) is 1. The normalized spacial score (nSPS) is 11.6. The topological polar surface area (TPSA) is 83.4 Å². The monoisotopic (exact) mass is 315 g/mol. The summed E-state index contributed by atoms with van der Waals surface area (Å²) in [5.74, 6) is 0. The summed E-state index contributed by atoms with van der Waals surface area (Å²) >= 11 is 11.1. The summed E-state index contributed by atoms with van der Waals surface area (Å²) < 4.78 is 27.2. The van der Waals surface area contributed by atoms with Crippen molar-refractivity contribution in [3.63, 3.8) is 0 Å². The van der Waals surface area contributed by atoms with E-state index in [-0.39, 0.29) is 36.1 Å². The van der Waals surface area contributed by atoms with Crippen LogP contribution in [0.1, 0.15) is 13.8 Å². The summed E-state index contributed by atoms with van der Waals surface area (Å²) in [7, 11) is -3.32. The van der Waals surface area contributed by atoms with Gasteiger partial charge in [0.1, 0.15) is 0 Å². The molecule has 0 unspecified atom stereocenters. The van der Waals surface area contributed by atoms with Crippen LogP contribution in [0.3, 0.4) is 0 Å². The minimum absolute atomic E-state index is 0.118. The van der Waals surface area contributed by atoms with Gasteiger partial charge in [0.25, 0.3) is 0 Å². The molecule has 0 spiro atoms. The predicted molar refractivity (Wildman–Crippen MR) is 66.2 cm³/mol. The second kappa shape index (κ2) is 7.21. The maximum absolute atomic E-state index is 12.0. The molecule has 0 aliphatic rings. The minimum Gasteiger partial charge on any atom is -0.450 e. The smallest absolute Gasteiger partial charge is 0.367 e. The molecule has 0 aliphatic carbocycles. The highest BCUT2D eigenvalue weighted by Gasteiger charge is 2.25. The van der Waals surface area contributed by atoms with Crippen LogP contribution in [-0.2, 0) is 13.6 Å². The van der Waals surface area contributed by atoms with Gasteiger partial charge in [-0.05, 0) is 37.0 Å². The second-order valence-electron chi connectivity index (χ2n) is 2.88. The lowest BCUT2D eigenvalue weighted by Gasteiger charge is -2.16. The molecule has 0 saturated heterocycles. The van der Waals surface area contributed by atoms with Crippen molar-refractivity contribution >= 4 is 30.8 Å². The van der Waals surface area contributed by atoms with Gasteiger partial charge in [0.2, 0.25) is 10.6 Å². The van der Waals surface area contributed by atoms with Crippen LogP contribution in [0.4, 0.5) is 0 Å². The third kappa shape index (κ3) is 5.04. The molecule has 7 nitrogen and oxygen atoms in total. The van der Waals surface area contributed by atoms with Gasteiger partial charge in [0, 0.05) is 0 Å². The molecule has 0 aliphatic heterocycles. The third-order valence-electron chi connectivity index (χ3n) is 1.56. The summed E-state index contributed by atoms with van der Waals surface area (Å²) in [6, 6.07) is -0.139. The molecular formula is C8H12Cl2N3O4P. The molecule has 0 N–H and O–H groups in total. The van der Waals surface area contributed by atoms with Crippen molar-refractivity contribution in [2.24, 2.45) is 0 Å². The van der Waals surface area contributed by atoms with Crippen molar-refractivity contribution in [1.29, 1.82) is 0 Å². The van der Waals surface area contributed by atoms with Crippen molar-refractivity contribution in [3.8, 4) is 6.01 Å². The second-order valence-corrected chi connectivity index (χ2v) is 5.55. The first-order valence-corrected chi connectivity index (χ1v) is 7.55. The molecule has 0 amide bonds. The molecular weight excluding hydrogens is 304 g/mol. The minimum atomic E-state index is -3.32. The molecule has 0 fully saturated rings. The molecule has 0 saturated carbocycles. The fraction of sp³-hybridized carbons (Fsp3) is 0.625. The highest BCUT2D eigenvalue weighted by Crippen LogP contribution is 2.47. The molecule has 1 heterocycles. The van der Waals surface area contributed by atoms with Gasteiger partial charge >= 0.3 is 13.6 Å². The molecule has 102 valence electrons. The molecule has 1 aromatic heterocycles. The zero-order chi connectivity index (χ0) is 13.6. The average molecular weight is 316 g/mol. The van der Waals surface area contributed by atoms with E-state index in [1.165, 1.54) is 0 Å². The maximum Gasteiger partial charge on any atom is 0.367 e. The fourth-order valence-corrected chi connectivity index (χ4v) is 2.65. The zero-order valence-corrected chi connectivity index (χ0v) is 12.2. The van der Waals surface area contributed by atoms with Crippen molar-refractivity contribution < 1.29 is 18.3 Å². The molecule has 0 bridgehead atoms. The van der Waals surface area contributed by atoms with Crippen LogP contribution in [0.5, 0.6) is 6.01 Å². The molecule has 10 heteroatoms. The van der Waals surface area contributed by atoms with Crippen LogP contribution in [0.25, 0.3) is 0 Å². The van der Waals surface area contributed by atoms with Crippen molar-refractivity contribution in [3.05, 3.63) is 10.6 Å². The summed E-state index contributed by atoms with van der Waals surface area (Å²) in [6.07, 6.45) is -0.328. The number of hydrogen-bond donors (Lipinski definition) is 0. The number of halogens is 2. The summed E-state index contributed by atoms with van der Waals surface area (Å²) in [6.45, 7) is 3.86. The van der Waals surface area contributed by atoms with Crippen LogP contribution < -0.4 is 4.74 Å². The Bertz CT molecular complexity index is 418. The van der Waals surface area contributed by atoms with E-state index in [2.05, 4.69) is 15.0 Å². The largest absolute Gasteiger partial charge is 0.450 e. The summed E-state index contributed by atoms with van der Waals surface area (Å²) in [5.41, 5.74) is 0. The van der Waals surface area contributed by atoms with E-state index < -0.39 is 7.60 Å². The molecule has 1 rings (SSSR count). The van der Waals surface area contributed by atoms with Gasteiger partial charge in [-0.15, -0.1) is 0 Å². The Kier molecular flexibility index (Phi) is 6.25. The summed E-state index contributed by atoms with van der Waals surface area (Å²) in [5, 5.41) is -0.236. The molecule has 0 atom stereocenters. The SMILES string of the molecule is CCOP(=O)(COc1nc(Cl)nc(Cl)n1)OCC. The fourth-order valence-electron chi connectivity index (χ4n) is 1.02. The zero-order valence-electron chi connectivity index (χ0n) is 9.80. The Labute approximate surface area is 114 Å². The quantitative estimate of drug-likeness (QED) is 0.715. The van der Waals surface area contributed by atoms with Crippen LogP contribution >= 0.6 is 30.8 Å².